The van der Waals surface area contributed by atoms with E-state index in [9.17, 15) is 0 Å². The van der Waals surface area contributed by atoms with Crippen molar-refractivity contribution in [3.63, 3.8) is 0 Å². The van der Waals surface area contributed by atoms with Crippen molar-refractivity contribution in [2.24, 2.45) is 5.41 Å². The molecule has 0 aliphatic carbocycles. The predicted molar refractivity (Wildman–Crippen MR) is 50.3 cm³/mol. The van der Waals surface area contributed by atoms with Crippen LogP contribution in [0.15, 0.2) is 0 Å². The van der Waals surface area contributed by atoms with Crippen molar-refractivity contribution in [1.82, 2.24) is 0 Å². The van der Waals surface area contributed by atoms with Gasteiger partial charge in [0.2, 0.25) is 0 Å². The van der Waals surface area contributed by atoms with Gasteiger partial charge in [0.1, 0.15) is 0 Å². The van der Waals surface area contributed by atoms with Crippen LogP contribution in [-0.2, 0) is 0 Å². The van der Waals surface area contributed by atoms with E-state index in [-0.39, 0.29) is 5.41 Å². The Labute approximate surface area is 71.4 Å². The van der Waals surface area contributed by atoms with E-state index in [2.05, 4.69) is 26.8 Å². The van der Waals surface area contributed by atoms with Crippen molar-refractivity contribution in [3.8, 4) is 6.07 Å². The van der Waals surface area contributed by atoms with Crippen molar-refractivity contribution in [3.05, 3.63) is 0 Å². The van der Waals surface area contributed by atoms with E-state index in [1.54, 1.807) is 0 Å². The molecule has 66 valence electrons. The van der Waals surface area contributed by atoms with E-state index in [0.29, 0.717) is 6.42 Å². The minimum absolute atomic E-state index is 0.240. The maximum atomic E-state index is 8.38. The molecule has 0 aromatic heterocycles. The quantitative estimate of drug-likeness (QED) is 0.609. The molecule has 0 aromatic rings. The first kappa shape index (κ1) is 13.1. The predicted octanol–water partition coefficient (Wildman–Crippen LogP) is 3.75. The van der Waals surface area contributed by atoms with Gasteiger partial charge in [-0.1, -0.05) is 41.0 Å². The van der Waals surface area contributed by atoms with Crippen LogP contribution in [-0.4, -0.2) is 0 Å². The maximum Gasteiger partial charge on any atom is 0.0627 e. The molecule has 0 fully saturated rings. The van der Waals surface area contributed by atoms with Gasteiger partial charge in [-0.3, -0.25) is 0 Å². The molecule has 0 unspecified atom stereocenters. The third-order valence-corrected chi connectivity index (χ3v) is 1.48. The lowest BCUT2D eigenvalue weighted by Crippen LogP contribution is -2.08. The monoisotopic (exact) mass is 155 g/mol. The fraction of sp³-hybridized carbons (Fsp3) is 0.900. The summed E-state index contributed by atoms with van der Waals surface area (Å²) in [5.74, 6) is 0. The van der Waals surface area contributed by atoms with Crippen molar-refractivity contribution >= 4 is 0 Å². The van der Waals surface area contributed by atoms with Crippen molar-refractivity contribution in [2.75, 3.05) is 0 Å². The standard InChI is InChI=1S/C8H15N.C2H6/c1-4-5-8(2,3)6-7-9;1-2/h4-6H2,1-3H3;1-2H3. The van der Waals surface area contributed by atoms with Crippen molar-refractivity contribution < 1.29 is 0 Å². The molecular formula is C10H21N. The minimum atomic E-state index is 0.240. The first-order chi connectivity index (χ1) is 5.12. The summed E-state index contributed by atoms with van der Waals surface area (Å²) in [6.07, 6.45) is 3.01. The van der Waals surface area contributed by atoms with Crippen molar-refractivity contribution in [2.45, 2.75) is 53.9 Å². The van der Waals surface area contributed by atoms with Crippen LogP contribution >= 0.6 is 0 Å². The van der Waals surface area contributed by atoms with Crippen LogP contribution in [0.3, 0.4) is 0 Å². The zero-order chi connectivity index (χ0) is 9.33. The highest BCUT2D eigenvalue weighted by molar-refractivity contribution is 4.81. The van der Waals surface area contributed by atoms with Gasteiger partial charge in [0.25, 0.3) is 0 Å². The molecule has 0 spiro atoms. The summed E-state index contributed by atoms with van der Waals surface area (Å²) in [5.41, 5.74) is 0.240. The largest absolute Gasteiger partial charge is 0.198 e. The van der Waals surface area contributed by atoms with Gasteiger partial charge in [-0.25, -0.2) is 0 Å². The summed E-state index contributed by atoms with van der Waals surface area (Å²) in [6.45, 7) is 10.4. The number of nitriles is 1. The molecule has 0 heterocycles. The molecule has 0 N–H and O–H groups in total. The highest BCUT2D eigenvalue weighted by atomic mass is 14.3. The lowest BCUT2D eigenvalue weighted by molar-refractivity contribution is 0.340. The van der Waals surface area contributed by atoms with Gasteiger partial charge in [0.05, 0.1) is 6.07 Å². The maximum absolute atomic E-state index is 8.38. The Bertz CT molecular complexity index is 109. The minimum Gasteiger partial charge on any atom is -0.198 e. The van der Waals surface area contributed by atoms with E-state index in [1.807, 2.05) is 13.8 Å². The number of hydrogen-bond donors (Lipinski definition) is 0. The fourth-order valence-electron chi connectivity index (χ4n) is 0.979. The number of rotatable bonds is 3. The van der Waals surface area contributed by atoms with Gasteiger partial charge < -0.3 is 0 Å². The molecule has 0 amide bonds. The van der Waals surface area contributed by atoms with E-state index < -0.39 is 0 Å². The molecule has 0 bridgehead atoms. The van der Waals surface area contributed by atoms with Crippen LogP contribution in [0.1, 0.15) is 53.9 Å². The summed E-state index contributed by atoms with van der Waals surface area (Å²) >= 11 is 0. The first-order valence-corrected chi connectivity index (χ1v) is 4.49. The molecule has 0 rings (SSSR count). The van der Waals surface area contributed by atoms with Gasteiger partial charge in [-0.05, 0) is 11.8 Å². The summed E-state index contributed by atoms with van der Waals surface area (Å²) in [4.78, 5) is 0. The zero-order valence-electron chi connectivity index (χ0n) is 8.57. The van der Waals surface area contributed by atoms with Crippen LogP contribution < -0.4 is 0 Å². The van der Waals surface area contributed by atoms with Crippen LogP contribution in [0, 0.1) is 16.7 Å². The second-order valence-electron chi connectivity index (χ2n) is 3.25. The average Bonchev–Trinajstić information content (AvgIpc) is 1.91. The van der Waals surface area contributed by atoms with Crippen LogP contribution in [0.4, 0.5) is 0 Å². The highest BCUT2D eigenvalue weighted by Gasteiger charge is 2.14. The fourth-order valence-corrected chi connectivity index (χ4v) is 0.979. The number of nitrogens with zero attached hydrogens (tertiary/aromatic N) is 1. The molecule has 11 heavy (non-hydrogen) atoms. The topological polar surface area (TPSA) is 23.8 Å². The molecule has 1 heteroatoms. The van der Waals surface area contributed by atoms with Gasteiger partial charge >= 0.3 is 0 Å². The van der Waals surface area contributed by atoms with E-state index in [1.165, 1.54) is 6.42 Å². The Hall–Kier alpha value is -0.510. The van der Waals surface area contributed by atoms with E-state index in [4.69, 9.17) is 5.26 Å². The SMILES string of the molecule is CC.CCCC(C)(C)CC#N. The molecule has 0 radical (unpaired) electrons. The normalized spacial score (nSPS) is 9.45. The molecular weight excluding hydrogens is 134 g/mol. The van der Waals surface area contributed by atoms with Gasteiger partial charge in [-0.2, -0.15) is 5.26 Å². The Balaban J connectivity index is 0. The Morgan fingerprint density at radius 1 is 1.27 bits per heavy atom. The van der Waals surface area contributed by atoms with Crippen molar-refractivity contribution in [1.29, 1.82) is 5.26 Å². The van der Waals surface area contributed by atoms with E-state index in [0.717, 1.165) is 6.42 Å². The second kappa shape index (κ2) is 7.60. The van der Waals surface area contributed by atoms with Gasteiger partial charge in [0.15, 0.2) is 0 Å². The van der Waals surface area contributed by atoms with Crippen LogP contribution in [0.2, 0.25) is 0 Å². The second-order valence-corrected chi connectivity index (χ2v) is 3.25. The smallest absolute Gasteiger partial charge is 0.0627 e. The Morgan fingerprint density at radius 2 is 1.73 bits per heavy atom. The third kappa shape index (κ3) is 9.49. The van der Waals surface area contributed by atoms with Gasteiger partial charge in [-0.15, -0.1) is 0 Å². The molecule has 0 saturated carbocycles. The molecule has 0 aliphatic rings. The Kier molecular flexibility index (Phi) is 9.05. The first-order valence-electron chi connectivity index (χ1n) is 4.49. The lowest BCUT2D eigenvalue weighted by Gasteiger charge is -2.18. The summed E-state index contributed by atoms with van der Waals surface area (Å²) in [6, 6.07) is 2.19. The number of hydrogen-bond acceptors (Lipinski definition) is 1. The molecule has 0 atom stereocenters. The molecule has 0 aromatic carbocycles. The Morgan fingerprint density at radius 3 is 2.00 bits per heavy atom. The van der Waals surface area contributed by atoms with Crippen LogP contribution in [0.5, 0.6) is 0 Å². The molecule has 0 aliphatic heterocycles. The van der Waals surface area contributed by atoms with Gasteiger partial charge in [0, 0.05) is 6.42 Å². The summed E-state index contributed by atoms with van der Waals surface area (Å²) < 4.78 is 0. The third-order valence-electron chi connectivity index (χ3n) is 1.48. The highest BCUT2D eigenvalue weighted by Crippen LogP contribution is 2.25. The summed E-state index contributed by atoms with van der Waals surface area (Å²) in [7, 11) is 0. The van der Waals surface area contributed by atoms with Crippen LogP contribution in [0.25, 0.3) is 0 Å². The lowest BCUT2D eigenvalue weighted by atomic mass is 9.85. The average molecular weight is 155 g/mol. The zero-order valence-corrected chi connectivity index (χ0v) is 8.57. The summed E-state index contributed by atoms with van der Waals surface area (Å²) in [5, 5.41) is 8.38. The van der Waals surface area contributed by atoms with E-state index >= 15 is 0 Å². The molecule has 0 saturated heterocycles. The molecule has 1 nitrogen and oxygen atoms in total.